The van der Waals surface area contributed by atoms with E-state index < -0.39 is 0 Å². The van der Waals surface area contributed by atoms with Gasteiger partial charge in [0.15, 0.2) is 0 Å². The maximum absolute atomic E-state index is 12.9. The first-order chi connectivity index (χ1) is 12.9. The second kappa shape index (κ2) is 7.97. The highest BCUT2D eigenvalue weighted by molar-refractivity contribution is 6.33. The monoisotopic (exact) mass is 381 g/mol. The lowest BCUT2D eigenvalue weighted by Gasteiger charge is -2.17. The fourth-order valence-corrected chi connectivity index (χ4v) is 3.57. The first kappa shape index (κ1) is 19.2. The van der Waals surface area contributed by atoms with Crippen LogP contribution in [-0.4, -0.2) is 15.7 Å². The molecule has 1 amide bonds. The van der Waals surface area contributed by atoms with Gasteiger partial charge in [-0.15, -0.1) is 0 Å². The number of benzene rings is 2. The molecule has 0 aliphatic heterocycles. The van der Waals surface area contributed by atoms with Crippen LogP contribution in [0.2, 0.25) is 5.15 Å². The van der Waals surface area contributed by atoms with E-state index in [4.69, 9.17) is 11.6 Å². The van der Waals surface area contributed by atoms with Crippen LogP contribution in [0, 0.1) is 20.8 Å². The van der Waals surface area contributed by atoms with Gasteiger partial charge in [-0.2, -0.15) is 5.10 Å². The molecular weight excluding hydrogens is 358 g/mol. The summed E-state index contributed by atoms with van der Waals surface area (Å²) in [6, 6.07) is 16.1. The number of aromatic nitrogens is 2. The molecule has 0 fully saturated rings. The molecule has 140 valence electrons. The number of nitrogens with one attached hydrogen (secondary N) is 1. The second-order valence-corrected chi connectivity index (χ2v) is 7.31. The third kappa shape index (κ3) is 4.22. The van der Waals surface area contributed by atoms with E-state index in [9.17, 15) is 4.79 Å². The van der Waals surface area contributed by atoms with Gasteiger partial charge in [-0.3, -0.25) is 4.79 Å². The topological polar surface area (TPSA) is 46.9 Å². The molecule has 1 N–H and O–H groups in total. The van der Waals surface area contributed by atoms with Crippen LogP contribution < -0.4 is 5.32 Å². The molecule has 1 aromatic heterocycles. The van der Waals surface area contributed by atoms with Gasteiger partial charge >= 0.3 is 0 Å². The van der Waals surface area contributed by atoms with Gasteiger partial charge in [0, 0.05) is 0 Å². The Hall–Kier alpha value is -2.59. The largest absolute Gasteiger partial charge is 0.345 e. The maximum Gasteiger partial charge on any atom is 0.256 e. The molecule has 1 heterocycles. The lowest BCUT2D eigenvalue weighted by Crippen LogP contribution is -2.27. The Morgan fingerprint density at radius 2 is 1.85 bits per heavy atom. The van der Waals surface area contributed by atoms with E-state index in [1.165, 1.54) is 5.56 Å². The molecule has 0 spiro atoms. The Morgan fingerprint density at radius 3 is 2.56 bits per heavy atom. The Bertz CT molecular complexity index is 963. The molecule has 0 radical (unpaired) electrons. The van der Waals surface area contributed by atoms with E-state index in [-0.39, 0.29) is 11.9 Å². The van der Waals surface area contributed by atoms with E-state index in [0.29, 0.717) is 23.0 Å². The first-order valence-electron chi connectivity index (χ1n) is 9.01. The van der Waals surface area contributed by atoms with E-state index in [1.807, 2.05) is 58.0 Å². The lowest BCUT2D eigenvalue weighted by atomic mass is 10.00. The van der Waals surface area contributed by atoms with Crippen LogP contribution in [0.4, 0.5) is 0 Å². The van der Waals surface area contributed by atoms with Crippen molar-refractivity contribution in [1.29, 1.82) is 0 Å². The molecule has 2 aromatic carbocycles. The van der Waals surface area contributed by atoms with Gasteiger partial charge in [0.05, 0.1) is 23.8 Å². The molecular formula is C22H24ClN3O. The van der Waals surface area contributed by atoms with Crippen molar-refractivity contribution in [2.45, 2.75) is 40.3 Å². The van der Waals surface area contributed by atoms with Crippen molar-refractivity contribution in [2.24, 2.45) is 0 Å². The van der Waals surface area contributed by atoms with Crippen molar-refractivity contribution in [2.75, 3.05) is 0 Å². The molecule has 0 aliphatic carbocycles. The number of aryl methyl sites for hydroxylation is 3. The summed E-state index contributed by atoms with van der Waals surface area (Å²) in [5, 5.41) is 7.89. The van der Waals surface area contributed by atoms with Crippen molar-refractivity contribution in [1.82, 2.24) is 15.1 Å². The number of rotatable bonds is 5. The van der Waals surface area contributed by atoms with Gasteiger partial charge < -0.3 is 5.32 Å². The van der Waals surface area contributed by atoms with E-state index in [1.54, 1.807) is 4.68 Å². The smallest absolute Gasteiger partial charge is 0.256 e. The molecule has 0 bridgehead atoms. The van der Waals surface area contributed by atoms with E-state index in [0.717, 1.165) is 16.7 Å². The molecule has 1 unspecified atom stereocenters. The Kier molecular flexibility index (Phi) is 5.66. The average Bonchev–Trinajstić information content (AvgIpc) is 2.91. The zero-order valence-corrected chi connectivity index (χ0v) is 16.8. The van der Waals surface area contributed by atoms with Gasteiger partial charge in [-0.1, -0.05) is 65.7 Å². The summed E-state index contributed by atoms with van der Waals surface area (Å²) in [7, 11) is 0. The SMILES string of the molecule is Cc1ccc(C)c(C(C)NC(=O)c2c(C)nn(Cc3ccccc3)c2Cl)c1. The van der Waals surface area contributed by atoms with Crippen LogP contribution in [0.3, 0.4) is 0 Å². The van der Waals surface area contributed by atoms with Gasteiger partial charge in [-0.05, 0) is 44.4 Å². The Morgan fingerprint density at radius 1 is 1.15 bits per heavy atom. The van der Waals surface area contributed by atoms with Crippen molar-refractivity contribution in [3.8, 4) is 0 Å². The van der Waals surface area contributed by atoms with Gasteiger partial charge in [0.1, 0.15) is 5.15 Å². The number of halogens is 1. The molecule has 0 saturated carbocycles. The van der Waals surface area contributed by atoms with Crippen LogP contribution >= 0.6 is 11.6 Å². The number of carbonyl (C=O) groups is 1. The third-order valence-electron chi connectivity index (χ3n) is 4.72. The van der Waals surface area contributed by atoms with Crippen molar-refractivity contribution in [3.63, 3.8) is 0 Å². The minimum Gasteiger partial charge on any atom is -0.345 e. The number of hydrogen-bond acceptors (Lipinski definition) is 2. The molecule has 1 atom stereocenters. The van der Waals surface area contributed by atoms with Crippen LogP contribution in [0.15, 0.2) is 48.5 Å². The molecule has 4 nitrogen and oxygen atoms in total. The predicted octanol–water partition coefficient (Wildman–Crippen LogP) is 5.00. The first-order valence-corrected chi connectivity index (χ1v) is 9.39. The summed E-state index contributed by atoms with van der Waals surface area (Å²) in [6.45, 7) is 8.42. The Labute approximate surface area is 165 Å². The molecule has 0 saturated heterocycles. The quantitative estimate of drug-likeness (QED) is 0.675. The molecule has 27 heavy (non-hydrogen) atoms. The summed E-state index contributed by atoms with van der Waals surface area (Å²) in [4.78, 5) is 12.9. The molecule has 5 heteroatoms. The van der Waals surface area contributed by atoms with Gasteiger partial charge in [0.25, 0.3) is 5.91 Å². The molecule has 3 rings (SSSR count). The highest BCUT2D eigenvalue weighted by Gasteiger charge is 2.22. The summed E-state index contributed by atoms with van der Waals surface area (Å²) in [5.74, 6) is -0.204. The number of carbonyl (C=O) groups excluding carboxylic acids is 1. The standard InChI is InChI=1S/C22H24ClN3O/c1-14-10-11-15(2)19(12-14)16(3)24-22(27)20-17(4)25-26(21(20)23)13-18-8-6-5-7-9-18/h5-12,16H,13H2,1-4H3,(H,24,27). The zero-order valence-electron chi connectivity index (χ0n) is 16.1. The Balaban J connectivity index is 1.81. The van der Waals surface area contributed by atoms with Gasteiger partial charge in [0.2, 0.25) is 0 Å². The van der Waals surface area contributed by atoms with Crippen LogP contribution in [-0.2, 0) is 6.54 Å². The van der Waals surface area contributed by atoms with Crippen molar-refractivity contribution < 1.29 is 4.79 Å². The van der Waals surface area contributed by atoms with E-state index in [2.05, 4.69) is 28.6 Å². The lowest BCUT2D eigenvalue weighted by molar-refractivity contribution is 0.0939. The number of amides is 1. The van der Waals surface area contributed by atoms with Crippen molar-refractivity contribution in [3.05, 3.63) is 87.2 Å². The summed E-state index contributed by atoms with van der Waals surface area (Å²) < 4.78 is 1.67. The maximum atomic E-state index is 12.9. The fraction of sp³-hybridized carbons (Fsp3) is 0.273. The number of nitrogens with zero attached hydrogens (tertiary/aromatic N) is 2. The van der Waals surface area contributed by atoms with Crippen LogP contribution in [0.5, 0.6) is 0 Å². The summed E-state index contributed by atoms with van der Waals surface area (Å²) in [5.41, 5.74) is 5.57. The minimum absolute atomic E-state index is 0.120. The predicted molar refractivity (Wildman–Crippen MR) is 109 cm³/mol. The third-order valence-corrected chi connectivity index (χ3v) is 5.10. The normalized spacial score (nSPS) is 12.0. The number of hydrogen-bond donors (Lipinski definition) is 1. The summed E-state index contributed by atoms with van der Waals surface area (Å²) in [6.07, 6.45) is 0. The average molecular weight is 382 g/mol. The molecule has 3 aromatic rings. The van der Waals surface area contributed by atoms with Crippen LogP contribution in [0.1, 0.15) is 51.3 Å². The highest BCUT2D eigenvalue weighted by atomic mass is 35.5. The highest BCUT2D eigenvalue weighted by Crippen LogP contribution is 2.24. The minimum atomic E-state index is -0.204. The van der Waals surface area contributed by atoms with Crippen molar-refractivity contribution >= 4 is 17.5 Å². The van der Waals surface area contributed by atoms with Crippen LogP contribution in [0.25, 0.3) is 0 Å². The van der Waals surface area contributed by atoms with Gasteiger partial charge in [-0.25, -0.2) is 4.68 Å². The molecule has 0 aliphatic rings. The second-order valence-electron chi connectivity index (χ2n) is 6.95. The fourth-order valence-electron chi connectivity index (χ4n) is 3.25. The summed E-state index contributed by atoms with van der Waals surface area (Å²) >= 11 is 6.50. The zero-order chi connectivity index (χ0) is 19.6. The van der Waals surface area contributed by atoms with E-state index >= 15 is 0 Å².